The van der Waals surface area contributed by atoms with E-state index in [9.17, 15) is 18.5 Å². The molecule has 0 bridgehead atoms. The second kappa shape index (κ2) is 7.81. The molecule has 0 amide bonds. The molecule has 1 aromatic heterocycles. The summed E-state index contributed by atoms with van der Waals surface area (Å²) in [5, 5.41) is 14.3. The van der Waals surface area contributed by atoms with E-state index in [0.717, 1.165) is 17.4 Å². The Kier molecular flexibility index (Phi) is 5.46. The second-order valence-electron chi connectivity index (χ2n) is 6.37. The van der Waals surface area contributed by atoms with E-state index >= 15 is 0 Å². The Hall–Kier alpha value is -3.20. The van der Waals surface area contributed by atoms with Crippen LogP contribution < -0.4 is 5.32 Å². The number of rotatable bonds is 7. The molecule has 3 rings (SSSR count). The molecule has 0 aliphatic rings. The van der Waals surface area contributed by atoms with E-state index in [0.29, 0.717) is 24.6 Å². The Balaban J connectivity index is 1.72. The van der Waals surface area contributed by atoms with E-state index in [2.05, 4.69) is 10.3 Å². The third-order valence-corrected chi connectivity index (χ3v) is 5.26. The first-order valence-electron chi connectivity index (χ1n) is 8.48. The van der Waals surface area contributed by atoms with Crippen molar-refractivity contribution in [3.8, 4) is 11.5 Å². The summed E-state index contributed by atoms with van der Waals surface area (Å²) < 4.78 is 29.1. The average molecular weight is 401 g/mol. The normalized spacial score (nSPS) is 11.4. The lowest BCUT2D eigenvalue weighted by Gasteiger charge is -2.08. The van der Waals surface area contributed by atoms with Gasteiger partial charge in [-0.25, -0.2) is 13.4 Å². The van der Waals surface area contributed by atoms with Crippen molar-refractivity contribution in [1.29, 1.82) is 0 Å². The molecule has 8 nitrogen and oxygen atoms in total. The SMILES string of the molecule is Cc1ccc(-c2nc(CCNc3cccc(S(C)(=O)=O)c3[N+](=O)[O-])co2)cc1. The van der Waals surface area contributed by atoms with Gasteiger partial charge >= 0.3 is 5.69 Å². The Bertz CT molecular complexity index is 1100. The number of para-hydroxylation sites is 1. The number of nitro groups is 1. The average Bonchev–Trinajstić information content (AvgIpc) is 3.10. The quantitative estimate of drug-likeness (QED) is 0.475. The standard InChI is InChI=1S/C19H19N3O5S/c1-13-6-8-14(9-7-13)19-21-15(12-27-19)10-11-20-16-4-3-5-17(28(2,25)26)18(16)22(23)24/h3-9,12,20H,10-11H2,1-2H3. The lowest BCUT2D eigenvalue weighted by molar-refractivity contribution is -0.386. The maximum atomic E-state index is 11.8. The Morgan fingerprint density at radius 3 is 2.54 bits per heavy atom. The van der Waals surface area contributed by atoms with Crippen molar-refractivity contribution in [2.75, 3.05) is 18.1 Å². The van der Waals surface area contributed by atoms with Gasteiger partial charge in [0.05, 0.1) is 10.6 Å². The van der Waals surface area contributed by atoms with Crippen LogP contribution in [0.5, 0.6) is 0 Å². The Morgan fingerprint density at radius 1 is 1.18 bits per heavy atom. The minimum Gasteiger partial charge on any atom is -0.444 e. The van der Waals surface area contributed by atoms with Gasteiger partial charge in [-0.15, -0.1) is 0 Å². The highest BCUT2D eigenvalue weighted by molar-refractivity contribution is 7.90. The summed E-state index contributed by atoms with van der Waals surface area (Å²) in [6.45, 7) is 2.32. The zero-order valence-corrected chi connectivity index (χ0v) is 16.2. The van der Waals surface area contributed by atoms with Gasteiger partial charge in [-0.05, 0) is 31.2 Å². The lowest BCUT2D eigenvalue weighted by Crippen LogP contribution is -2.10. The van der Waals surface area contributed by atoms with E-state index in [1.54, 1.807) is 0 Å². The first-order chi connectivity index (χ1) is 13.3. The molecule has 28 heavy (non-hydrogen) atoms. The van der Waals surface area contributed by atoms with Crippen LogP contribution in [0.2, 0.25) is 0 Å². The van der Waals surface area contributed by atoms with E-state index in [1.165, 1.54) is 24.5 Å². The van der Waals surface area contributed by atoms with Crippen LogP contribution in [-0.4, -0.2) is 31.1 Å². The van der Waals surface area contributed by atoms with Gasteiger partial charge in [-0.3, -0.25) is 10.1 Å². The molecule has 3 aromatic rings. The molecule has 0 saturated heterocycles. The number of oxazole rings is 1. The van der Waals surface area contributed by atoms with Crippen molar-refractivity contribution in [2.45, 2.75) is 18.2 Å². The molecule has 1 heterocycles. The smallest absolute Gasteiger partial charge is 0.310 e. The summed E-state index contributed by atoms with van der Waals surface area (Å²) >= 11 is 0. The number of nitrogens with zero attached hydrogens (tertiary/aromatic N) is 2. The van der Waals surface area contributed by atoms with Crippen LogP contribution in [-0.2, 0) is 16.3 Å². The number of benzene rings is 2. The third-order valence-electron chi connectivity index (χ3n) is 4.13. The monoisotopic (exact) mass is 401 g/mol. The predicted molar refractivity (Wildman–Crippen MR) is 105 cm³/mol. The van der Waals surface area contributed by atoms with Gasteiger partial charge in [-0.1, -0.05) is 23.8 Å². The minimum absolute atomic E-state index is 0.148. The summed E-state index contributed by atoms with van der Waals surface area (Å²) in [4.78, 5) is 14.8. The van der Waals surface area contributed by atoms with Crippen molar-refractivity contribution in [2.24, 2.45) is 0 Å². The fourth-order valence-corrected chi connectivity index (χ4v) is 3.59. The second-order valence-corrected chi connectivity index (χ2v) is 8.35. The van der Waals surface area contributed by atoms with Crippen LogP contribution in [0, 0.1) is 17.0 Å². The molecule has 0 aliphatic carbocycles. The first kappa shape index (κ1) is 19.6. The van der Waals surface area contributed by atoms with E-state index in [1.807, 2.05) is 31.2 Å². The number of hydrogen-bond donors (Lipinski definition) is 1. The number of aryl methyl sites for hydroxylation is 1. The summed E-state index contributed by atoms with van der Waals surface area (Å²) in [5.41, 5.74) is 2.38. The molecular weight excluding hydrogens is 382 g/mol. The molecule has 0 saturated carbocycles. The summed E-state index contributed by atoms with van der Waals surface area (Å²) in [7, 11) is -3.72. The number of nitrogens with one attached hydrogen (secondary N) is 1. The van der Waals surface area contributed by atoms with Gasteiger partial charge in [0.2, 0.25) is 5.89 Å². The minimum atomic E-state index is -3.72. The van der Waals surface area contributed by atoms with Crippen LogP contribution in [0.3, 0.4) is 0 Å². The van der Waals surface area contributed by atoms with E-state index in [4.69, 9.17) is 4.42 Å². The van der Waals surface area contributed by atoms with Crippen molar-refractivity contribution >= 4 is 21.2 Å². The summed E-state index contributed by atoms with van der Waals surface area (Å²) in [5.74, 6) is 0.500. The molecule has 1 N–H and O–H groups in total. The topological polar surface area (TPSA) is 115 Å². The molecule has 0 fully saturated rings. The molecule has 2 aromatic carbocycles. The van der Waals surface area contributed by atoms with Crippen molar-refractivity contribution in [3.63, 3.8) is 0 Å². The predicted octanol–water partition coefficient (Wildman–Crippen LogP) is 3.62. The molecule has 0 atom stereocenters. The maximum absolute atomic E-state index is 11.8. The van der Waals surface area contributed by atoms with Crippen LogP contribution in [0.15, 0.2) is 58.0 Å². The van der Waals surface area contributed by atoms with Gasteiger partial charge in [0, 0.05) is 24.8 Å². The van der Waals surface area contributed by atoms with Crippen molar-refractivity contribution in [1.82, 2.24) is 4.98 Å². The molecular formula is C19H19N3O5S. The molecule has 9 heteroatoms. The first-order valence-corrected chi connectivity index (χ1v) is 10.4. The molecule has 0 aliphatic heterocycles. The van der Waals surface area contributed by atoms with Gasteiger partial charge in [0.15, 0.2) is 9.84 Å². The van der Waals surface area contributed by atoms with Crippen LogP contribution in [0.1, 0.15) is 11.3 Å². The van der Waals surface area contributed by atoms with E-state index < -0.39 is 20.4 Å². The number of anilines is 1. The Morgan fingerprint density at radius 2 is 1.89 bits per heavy atom. The highest BCUT2D eigenvalue weighted by atomic mass is 32.2. The highest BCUT2D eigenvalue weighted by Crippen LogP contribution is 2.31. The van der Waals surface area contributed by atoms with Crippen LogP contribution in [0.25, 0.3) is 11.5 Å². The van der Waals surface area contributed by atoms with Gasteiger partial charge in [0.25, 0.3) is 0 Å². The number of sulfone groups is 1. The van der Waals surface area contributed by atoms with Crippen molar-refractivity contribution < 1.29 is 17.8 Å². The van der Waals surface area contributed by atoms with E-state index in [-0.39, 0.29) is 10.6 Å². The van der Waals surface area contributed by atoms with Gasteiger partial charge in [-0.2, -0.15) is 0 Å². The third kappa shape index (κ3) is 4.37. The van der Waals surface area contributed by atoms with Gasteiger partial charge < -0.3 is 9.73 Å². The highest BCUT2D eigenvalue weighted by Gasteiger charge is 2.25. The fourth-order valence-electron chi connectivity index (χ4n) is 2.73. The number of aromatic nitrogens is 1. The molecule has 0 spiro atoms. The lowest BCUT2D eigenvalue weighted by atomic mass is 10.1. The summed E-state index contributed by atoms with van der Waals surface area (Å²) in [6, 6.07) is 11.9. The van der Waals surface area contributed by atoms with Crippen molar-refractivity contribution in [3.05, 3.63) is 70.1 Å². The zero-order valence-electron chi connectivity index (χ0n) is 15.4. The largest absolute Gasteiger partial charge is 0.444 e. The van der Waals surface area contributed by atoms with Crippen LogP contribution in [0.4, 0.5) is 11.4 Å². The summed E-state index contributed by atoms with van der Waals surface area (Å²) in [6.07, 6.45) is 2.94. The van der Waals surface area contributed by atoms with Gasteiger partial charge in [0.1, 0.15) is 16.8 Å². The molecule has 0 unspecified atom stereocenters. The molecule has 146 valence electrons. The number of nitro benzene ring substituents is 1. The molecule has 0 radical (unpaired) electrons. The van der Waals surface area contributed by atoms with Crippen LogP contribution >= 0.6 is 0 Å². The number of hydrogen-bond acceptors (Lipinski definition) is 7. The maximum Gasteiger partial charge on any atom is 0.310 e. The fraction of sp³-hybridized carbons (Fsp3) is 0.211. The zero-order chi connectivity index (χ0) is 20.3. The Labute approximate surface area is 162 Å².